The molecule has 0 aromatic carbocycles. The highest BCUT2D eigenvalue weighted by Gasteiger charge is 2.10. The summed E-state index contributed by atoms with van der Waals surface area (Å²) >= 11 is 0. The van der Waals surface area contributed by atoms with E-state index in [1.54, 1.807) is 0 Å². The maximum absolute atomic E-state index is 8.83. The minimum absolute atomic E-state index is 0.239. The van der Waals surface area contributed by atoms with Gasteiger partial charge >= 0.3 is 0 Å². The van der Waals surface area contributed by atoms with Gasteiger partial charge in [0.25, 0.3) is 0 Å². The molecule has 0 saturated heterocycles. The van der Waals surface area contributed by atoms with Crippen LogP contribution in [-0.2, 0) is 0 Å². The fourth-order valence-electron chi connectivity index (χ4n) is 0.466. The third kappa shape index (κ3) is 3.21. The number of aliphatic hydroxyl groups is 3. The predicted molar refractivity (Wildman–Crippen MR) is 41.0 cm³/mol. The molecule has 0 bridgehead atoms. The normalized spacial score (nSPS) is 13.7. The summed E-state index contributed by atoms with van der Waals surface area (Å²) < 4.78 is 0. The van der Waals surface area contributed by atoms with E-state index in [4.69, 9.17) is 26.0 Å². The summed E-state index contributed by atoms with van der Waals surface area (Å²) in [6, 6.07) is 1.43. The van der Waals surface area contributed by atoms with E-state index >= 15 is 0 Å². The second-order valence-corrected chi connectivity index (χ2v) is 1.90. The van der Waals surface area contributed by atoms with Crippen LogP contribution in [0.15, 0.2) is 4.99 Å². The van der Waals surface area contributed by atoms with Crippen LogP contribution in [0.2, 0.25) is 0 Å². The van der Waals surface area contributed by atoms with Gasteiger partial charge in [-0.1, -0.05) is 0 Å². The summed E-state index contributed by atoms with van der Waals surface area (Å²) in [7, 11) is 0. The molecule has 12 heavy (non-hydrogen) atoms. The number of amidine groups is 1. The Morgan fingerprint density at radius 1 is 1.50 bits per heavy atom. The van der Waals surface area contributed by atoms with Crippen molar-refractivity contribution in [2.45, 2.75) is 6.10 Å². The van der Waals surface area contributed by atoms with Gasteiger partial charge in [-0.05, 0) is 0 Å². The van der Waals surface area contributed by atoms with Crippen molar-refractivity contribution >= 4 is 11.5 Å². The van der Waals surface area contributed by atoms with Crippen molar-refractivity contribution in [2.24, 2.45) is 4.99 Å². The van der Waals surface area contributed by atoms with Gasteiger partial charge < -0.3 is 15.3 Å². The first-order valence-corrected chi connectivity index (χ1v) is 3.10. The second-order valence-electron chi connectivity index (χ2n) is 1.90. The van der Waals surface area contributed by atoms with Crippen LogP contribution in [0, 0.1) is 16.7 Å². The average Bonchev–Trinajstić information content (AvgIpc) is 2.12. The average molecular weight is 171 g/mol. The monoisotopic (exact) mass is 171 g/mol. The zero-order valence-electron chi connectivity index (χ0n) is 6.23. The van der Waals surface area contributed by atoms with Crippen LogP contribution >= 0.6 is 0 Å². The molecule has 0 aliphatic rings. The minimum Gasteiger partial charge on any atom is -0.390 e. The molecular weight excluding hydrogens is 162 g/mol. The van der Waals surface area contributed by atoms with Gasteiger partial charge in [-0.3, -0.25) is 5.41 Å². The van der Waals surface area contributed by atoms with Crippen molar-refractivity contribution in [3.63, 3.8) is 0 Å². The minimum atomic E-state index is -1.53. The Labute approximate surface area is 68.9 Å². The van der Waals surface area contributed by atoms with Crippen LogP contribution in [0.5, 0.6) is 0 Å². The van der Waals surface area contributed by atoms with Gasteiger partial charge in [0.1, 0.15) is 18.5 Å². The summed E-state index contributed by atoms with van der Waals surface area (Å²) in [4.78, 5) is 3.31. The highest BCUT2D eigenvalue weighted by molar-refractivity contribution is 6.01. The van der Waals surface area contributed by atoms with E-state index in [1.807, 2.05) is 0 Å². The molecule has 0 radical (unpaired) electrons. The molecule has 4 N–H and O–H groups in total. The molecule has 66 valence electrons. The van der Waals surface area contributed by atoms with Gasteiger partial charge in [0.2, 0.25) is 0 Å². The number of nitrogens with one attached hydrogen (secondary N) is 1. The predicted octanol–water partition coefficient (Wildman–Crippen LogP) is -1.73. The Bertz CT molecular complexity index is 231. The maximum atomic E-state index is 8.83. The molecule has 1 unspecified atom stereocenters. The quantitative estimate of drug-likeness (QED) is 0.229. The highest BCUT2D eigenvalue weighted by Crippen LogP contribution is 1.88. The van der Waals surface area contributed by atoms with Crippen molar-refractivity contribution in [1.29, 1.82) is 10.7 Å². The van der Waals surface area contributed by atoms with E-state index in [0.29, 0.717) is 0 Å². The molecule has 0 amide bonds. The Morgan fingerprint density at radius 3 is 2.42 bits per heavy atom. The van der Waals surface area contributed by atoms with E-state index < -0.39 is 25.2 Å². The number of rotatable bonds is 3. The summed E-state index contributed by atoms with van der Waals surface area (Å²) in [5, 5.41) is 40.8. The number of nitriles is 1. The molecule has 0 aromatic heterocycles. The fourth-order valence-corrected chi connectivity index (χ4v) is 0.466. The summed E-state index contributed by atoms with van der Waals surface area (Å²) in [5.41, 5.74) is -0.239. The largest absolute Gasteiger partial charge is 0.390 e. The molecular formula is C6H9N3O3. The molecule has 6 heteroatoms. The smallest absolute Gasteiger partial charge is 0.181 e. The summed E-state index contributed by atoms with van der Waals surface area (Å²) in [5.74, 6) is -0.409. The Hall–Kier alpha value is -1.29. The molecule has 0 aliphatic carbocycles. The molecule has 0 rings (SSSR count). The molecule has 0 heterocycles. The standard InChI is InChI=1S/C6H9N3O3/c7-1-5(12)4(2-10)9-6(8)3-11/h5,8,10-12H,2-3H2. The van der Waals surface area contributed by atoms with E-state index in [1.165, 1.54) is 6.07 Å². The first kappa shape index (κ1) is 10.7. The topological polar surface area (TPSA) is 121 Å². The lowest BCUT2D eigenvalue weighted by Crippen LogP contribution is -2.23. The Balaban J connectivity index is 4.45. The van der Waals surface area contributed by atoms with E-state index in [9.17, 15) is 0 Å². The van der Waals surface area contributed by atoms with Crippen LogP contribution < -0.4 is 0 Å². The summed E-state index contributed by atoms with van der Waals surface area (Å²) in [6.45, 7) is -1.21. The Kier molecular flexibility index (Phi) is 4.79. The van der Waals surface area contributed by atoms with E-state index in [-0.39, 0.29) is 5.71 Å². The first-order valence-electron chi connectivity index (χ1n) is 3.10. The van der Waals surface area contributed by atoms with Crippen molar-refractivity contribution in [3.8, 4) is 6.07 Å². The lowest BCUT2D eigenvalue weighted by Gasteiger charge is -2.02. The number of aliphatic imine (C=N–C) groups is 1. The SMILES string of the molecule is N#CC(O)C(CO)=NC(=N)CO. The Morgan fingerprint density at radius 2 is 2.08 bits per heavy atom. The molecule has 0 aliphatic heterocycles. The molecule has 0 fully saturated rings. The van der Waals surface area contributed by atoms with Crippen LogP contribution in [0.3, 0.4) is 0 Å². The van der Waals surface area contributed by atoms with Gasteiger partial charge in [-0.2, -0.15) is 5.26 Å². The van der Waals surface area contributed by atoms with Crippen LogP contribution in [0.25, 0.3) is 0 Å². The number of hydrogen-bond acceptors (Lipinski definition) is 5. The number of hydrogen-bond donors (Lipinski definition) is 4. The number of aliphatic hydroxyl groups excluding tert-OH is 3. The maximum Gasteiger partial charge on any atom is 0.181 e. The van der Waals surface area contributed by atoms with Crippen molar-refractivity contribution in [2.75, 3.05) is 13.2 Å². The summed E-state index contributed by atoms with van der Waals surface area (Å²) in [6.07, 6.45) is -1.53. The van der Waals surface area contributed by atoms with Crippen molar-refractivity contribution in [3.05, 3.63) is 0 Å². The molecule has 0 aromatic rings. The second kappa shape index (κ2) is 5.37. The van der Waals surface area contributed by atoms with Crippen LogP contribution in [0.4, 0.5) is 0 Å². The lowest BCUT2D eigenvalue weighted by molar-refractivity contribution is 0.275. The number of nitrogens with zero attached hydrogens (tertiary/aromatic N) is 2. The van der Waals surface area contributed by atoms with Gasteiger partial charge in [0.05, 0.1) is 12.3 Å². The van der Waals surface area contributed by atoms with Gasteiger partial charge in [0.15, 0.2) is 6.10 Å². The van der Waals surface area contributed by atoms with E-state index in [2.05, 4.69) is 4.99 Å². The third-order valence-electron chi connectivity index (χ3n) is 1.03. The molecule has 0 saturated carbocycles. The highest BCUT2D eigenvalue weighted by atomic mass is 16.3. The van der Waals surface area contributed by atoms with Gasteiger partial charge in [0, 0.05) is 0 Å². The zero-order valence-corrected chi connectivity index (χ0v) is 6.23. The fraction of sp³-hybridized carbons (Fsp3) is 0.500. The lowest BCUT2D eigenvalue weighted by atomic mass is 10.2. The van der Waals surface area contributed by atoms with Crippen LogP contribution in [-0.4, -0.2) is 46.2 Å². The molecule has 1 atom stereocenters. The molecule has 0 spiro atoms. The van der Waals surface area contributed by atoms with Crippen molar-refractivity contribution in [1.82, 2.24) is 0 Å². The van der Waals surface area contributed by atoms with Gasteiger partial charge in [-0.25, -0.2) is 4.99 Å². The first-order chi connectivity index (χ1) is 5.65. The van der Waals surface area contributed by atoms with E-state index in [0.717, 1.165) is 0 Å². The zero-order chi connectivity index (χ0) is 9.56. The molecule has 6 nitrogen and oxygen atoms in total. The van der Waals surface area contributed by atoms with Gasteiger partial charge in [-0.15, -0.1) is 0 Å². The third-order valence-corrected chi connectivity index (χ3v) is 1.03. The van der Waals surface area contributed by atoms with Crippen LogP contribution in [0.1, 0.15) is 0 Å². The van der Waals surface area contributed by atoms with Crippen molar-refractivity contribution < 1.29 is 15.3 Å².